The molecular formula is C40H75N3O3. The van der Waals surface area contributed by atoms with Crippen LogP contribution in [0.2, 0.25) is 0 Å². The summed E-state index contributed by atoms with van der Waals surface area (Å²) in [6.07, 6.45) is 37.6. The fourth-order valence-electron chi connectivity index (χ4n) is 6.17. The van der Waals surface area contributed by atoms with Crippen molar-refractivity contribution in [1.29, 1.82) is 0 Å². The van der Waals surface area contributed by atoms with E-state index >= 15 is 0 Å². The number of amidine groups is 1. The van der Waals surface area contributed by atoms with Crippen molar-refractivity contribution in [1.82, 2.24) is 10.2 Å². The van der Waals surface area contributed by atoms with E-state index in [0.29, 0.717) is 13.0 Å². The average Bonchev–Trinajstić information content (AvgIpc) is 3.50. The van der Waals surface area contributed by atoms with Gasteiger partial charge in [0.25, 0.3) is 0 Å². The maximum atomic E-state index is 12.3. The number of aliphatic hydroxyl groups is 2. The van der Waals surface area contributed by atoms with Gasteiger partial charge < -0.3 is 20.4 Å². The van der Waals surface area contributed by atoms with Crippen molar-refractivity contribution in [3.63, 3.8) is 0 Å². The molecule has 0 spiro atoms. The van der Waals surface area contributed by atoms with Gasteiger partial charge in [-0.3, -0.25) is 9.79 Å². The van der Waals surface area contributed by atoms with Gasteiger partial charge in [0.05, 0.1) is 24.6 Å². The predicted octanol–water partition coefficient (Wildman–Crippen LogP) is 9.83. The molecule has 1 heterocycles. The summed E-state index contributed by atoms with van der Waals surface area (Å²) < 4.78 is 0. The molecule has 0 aromatic carbocycles. The van der Waals surface area contributed by atoms with E-state index in [2.05, 4.69) is 48.4 Å². The van der Waals surface area contributed by atoms with Crippen molar-refractivity contribution in [3.05, 3.63) is 24.3 Å². The van der Waals surface area contributed by atoms with Gasteiger partial charge in [-0.25, -0.2) is 0 Å². The van der Waals surface area contributed by atoms with Crippen LogP contribution in [0.1, 0.15) is 181 Å². The lowest BCUT2D eigenvalue weighted by Gasteiger charge is -2.20. The van der Waals surface area contributed by atoms with Gasteiger partial charge in [-0.15, -0.1) is 0 Å². The second kappa shape index (κ2) is 31.9. The van der Waals surface area contributed by atoms with Gasteiger partial charge in [-0.2, -0.15) is 0 Å². The van der Waals surface area contributed by atoms with E-state index in [1.54, 1.807) is 0 Å². The van der Waals surface area contributed by atoms with E-state index in [1.165, 1.54) is 95.7 Å². The molecule has 0 aromatic heterocycles. The summed E-state index contributed by atoms with van der Waals surface area (Å²) in [5.41, 5.74) is 0. The Morgan fingerprint density at radius 2 is 1.24 bits per heavy atom. The van der Waals surface area contributed by atoms with Crippen LogP contribution in [0.5, 0.6) is 0 Å². The van der Waals surface area contributed by atoms with E-state index in [9.17, 15) is 15.0 Å². The lowest BCUT2D eigenvalue weighted by molar-refractivity contribution is -0.121. The summed E-state index contributed by atoms with van der Waals surface area (Å²) >= 11 is 0. The van der Waals surface area contributed by atoms with Crippen LogP contribution in [-0.2, 0) is 4.79 Å². The molecule has 0 saturated carbocycles. The number of rotatable bonds is 33. The van der Waals surface area contributed by atoms with Crippen molar-refractivity contribution >= 4 is 11.7 Å². The maximum Gasteiger partial charge on any atom is 0.220 e. The smallest absolute Gasteiger partial charge is 0.220 e. The van der Waals surface area contributed by atoms with Gasteiger partial charge in [-0.1, -0.05) is 128 Å². The quantitative estimate of drug-likeness (QED) is 0.0490. The number of nitrogens with zero attached hydrogens (tertiary/aromatic N) is 2. The minimum atomic E-state index is -0.175. The summed E-state index contributed by atoms with van der Waals surface area (Å²) in [6, 6.07) is 0. The first-order chi connectivity index (χ1) is 22.6. The molecule has 46 heavy (non-hydrogen) atoms. The van der Waals surface area contributed by atoms with Crippen molar-refractivity contribution in [2.45, 2.75) is 193 Å². The molecular weight excluding hydrogens is 570 g/mol. The van der Waals surface area contributed by atoms with E-state index in [0.717, 1.165) is 90.3 Å². The Morgan fingerprint density at radius 1 is 0.717 bits per heavy atom. The van der Waals surface area contributed by atoms with Crippen molar-refractivity contribution in [3.8, 4) is 0 Å². The van der Waals surface area contributed by atoms with Crippen LogP contribution in [0.4, 0.5) is 0 Å². The lowest BCUT2D eigenvalue weighted by atomic mass is 10.1. The van der Waals surface area contributed by atoms with Crippen LogP contribution in [0.3, 0.4) is 0 Å². The molecule has 0 saturated heterocycles. The molecule has 3 N–H and O–H groups in total. The highest BCUT2D eigenvalue weighted by molar-refractivity contribution is 5.83. The number of nitrogens with one attached hydrogen (secondary N) is 1. The van der Waals surface area contributed by atoms with Gasteiger partial charge >= 0.3 is 0 Å². The molecule has 6 nitrogen and oxygen atoms in total. The van der Waals surface area contributed by atoms with Gasteiger partial charge in [0, 0.05) is 32.5 Å². The Balaban J connectivity index is 1.93. The first-order valence-electron chi connectivity index (χ1n) is 19.8. The topological polar surface area (TPSA) is 85.2 Å². The number of aliphatic hydroxyl groups excluding tert-OH is 2. The van der Waals surface area contributed by atoms with Gasteiger partial charge in [0.1, 0.15) is 0 Å². The number of hydrogen-bond donors (Lipinski definition) is 3. The van der Waals surface area contributed by atoms with Crippen LogP contribution in [0, 0.1) is 0 Å². The van der Waals surface area contributed by atoms with Crippen LogP contribution in [0.25, 0.3) is 0 Å². The molecule has 6 heteroatoms. The molecule has 0 bridgehead atoms. The molecule has 1 amide bonds. The van der Waals surface area contributed by atoms with Crippen LogP contribution in [-0.4, -0.2) is 65.2 Å². The summed E-state index contributed by atoms with van der Waals surface area (Å²) in [5.74, 6) is 1.42. The zero-order chi connectivity index (χ0) is 33.3. The fourth-order valence-corrected chi connectivity index (χ4v) is 6.17. The van der Waals surface area contributed by atoms with Gasteiger partial charge in [0.15, 0.2) is 0 Å². The Kier molecular flexibility index (Phi) is 29.4. The van der Waals surface area contributed by atoms with E-state index in [4.69, 9.17) is 4.99 Å². The average molecular weight is 646 g/mol. The molecule has 1 aliphatic heterocycles. The van der Waals surface area contributed by atoms with Crippen LogP contribution < -0.4 is 5.32 Å². The third-order valence-electron chi connectivity index (χ3n) is 9.21. The summed E-state index contributed by atoms with van der Waals surface area (Å²) in [5, 5.41) is 23.2. The Labute approximate surface area is 285 Å². The molecule has 268 valence electrons. The Hall–Kier alpha value is -1.66. The first-order valence-corrected chi connectivity index (χ1v) is 19.8. The number of carbonyl (C=O) groups is 1. The minimum absolute atomic E-state index is 0.163. The zero-order valence-electron chi connectivity index (χ0n) is 30.4. The molecule has 0 aromatic rings. The molecule has 2 atom stereocenters. The largest absolute Gasteiger partial charge is 0.393 e. The highest BCUT2D eigenvalue weighted by atomic mass is 16.3. The Morgan fingerprint density at radius 3 is 1.83 bits per heavy atom. The second-order valence-corrected chi connectivity index (χ2v) is 13.7. The molecule has 0 unspecified atom stereocenters. The van der Waals surface area contributed by atoms with Crippen LogP contribution >= 0.6 is 0 Å². The molecule has 0 aliphatic carbocycles. The van der Waals surface area contributed by atoms with Crippen molar-refractivity contribution in [2.24, 2.45) is 4.99 Å². The maximum absolute atomic E-state index is 12.3. The third-order valence-corrected chi connectivity index (χ3v) is 9.21. The number of allylic oxidation sites excluding steroid dienone is 2. The number of aliphatic imine (C=N–C) groups is 1. The minimum Gasteiger partial charge on any atom is -0.393 e. The first kappa shape index (κ1) is 42.4. The molecule has 1 aliphatic rings. The van der Waals surface area contributed by atoms with Crippen LogP contribution in [0.15, 0.2) is 29.3 Å². The molecule has 1 rings (SSSR count). The number of unbranched alkanes of at least 4 members (excludes halogenated alkanes) is 16. The standard InChI is InChI=1S/C40H75N3O3/c1-3-5-7-21-27-37(44)29-23-17-13-9-11-15-19-25-31-39-41-33-35-43(39)36-34-42-40(46)32-26-20-16-12-10-14-18-24-30-38(45)28-22-8-6-4-2/h17-18,23-24,37-38,44-45H,3-16,19-22,25-36H2,1-2H3,(H,42,46)/b23-17-,24-18-/t37-,38-/m1/s1. The fraction of sp³-hybridized carbons (Fsp3) is 0.850. The second-order valence-electron chi connectivity index (χ2n) is 13.7. The monoisotopic (exact) mass is 646 g/mol. The van der Waals surface area contributed by atoms with Gasteiger partial charge in [-0.05, 0) is 64.2 Å². The third kappa shape index (κ3) is 26.4. The SMILES string of the molecule is CCCCCC[C@@H](O)C/C=C\CCCCCCCC(=O)NCCN1CCN=C1CCCCCCC/C=C\C[C@H](O)CCCCCC. The van der Waals surface area contributed by atoms with E-state index in [-0.39, 0.29) is 18.1 Å². The number of carbonyl (C=O) groups excluding carboxylic acids is 1. The number of amides is 1. The molecule has 0 radical (unpaired) electrons. The predicted molar refractivity (Wildman–Crippen MR) is 199 cm³/mol. The Bertz CT molecular complexity index is 782. The van der Waals surface area contributed by atoms with Gasteiger partial charge in [0.2, 0.25) is 5.91 Å². The highest BCUT2D eigenvalue weighted by Crippen LogP contribution is 2.14. The normalized spacial score (nSPS) is 14.9. The summed E-state index contributed by atoms with van der Waals surface area (Å²) in [7, 11) is 0. The van der Waals surface area contributed by atoms with E-state index < -0.39 is 0 Å². The summed E-state index contributed by atoms with van der Waals surface area (Å²) in [4.78, 5) is 19.4. The lowest BCUT2D eigenvalue weighted by Crippen LogP contribution is -2.36. The highest BCUT2D eigenvalue weighted by Gasteiger charge is 2.16. The number of hydrogen-bond acceptors (Lipinski definition) is 5. The molecule has 0 fully saturated rings. The zero-order valence-corrected chi connectivity index (χ0v) is 30.4. The van der Waals surface area contributed by atoms with Crippen molar-refractivity contribution < 1.29 is 15.0 Å². The van der Waals surface area contributed by atoms with E-state index in [1.807, 2.05) is 0 Å². The summed E-state index contributed by atoms with van der Waals surface area (Å²) in [6.45, 7) is 7.89. The van der Waals surface area contributed by atoms with Crippen molar-refractivity contribution in [2.75, 3.05) is 26.2 Å².